The minimum absolute atomic E-state index is 0.730. The minimum Gasteiger partial charge on any atom is -0.492 e. The van der Waals surface area contributed by atoms with Crippen LogP contribution in [-0.2, 0) is 4.74 Å². The lowest BCUT2D eigenvalue weighted by atomic mass is 10.2. The predicted molar refractivity (Wildman–Crippen MR) is 59.1 cm³/mol. The third-order valence-electron chi connectivity index (χ3n) is 2.58. The molecule has 0 bridgehead atoms. The topological polar surface area (TPSA) is 21.7 Å². The molecule has 0 radical (unpaired) electrons. The maximum atomic E-state index is 5.70. The Morgan fingerprint density at radius 1 is 1.40 bits per heavy atom. The van der Waals surface area contributed by atoms with Crippen molar-refractivity contribution >= 4 is 0 Å². The maximum Gasteiger partial charge on any atom is 0.122 e. The molecule has 0 unspecified atom stereocenters. The molecule has 1 aromatic rings. The highest BCUT2D eigenvalue weighted by Gasteiger charge is 2.11. The number of ether oxygens (including phenoxy) is 2. The van der Waals surface area contributed by atoms with Crippen molar-refractivity contribution in [3.63, 3.8) is 0 Å². The zero-order valence-electron chi connectivity index (χ0n) is 9.11. The molecule has 0 atom stereocenters. The Kier molecular flexibility index (Phi) is 3.59. The molecule has 0 aliphatic carbocycles. The molecule has 1 aromatic carbocycles. The van der Waals surface area contributed by atoms with Crippen molar-refractivity contribution in [3.8, 4) is 5.75 Å². The van der Waals surface area contributed by atoms with Crippen LogP contribution in [0.1, 0.15) is 5.56 Å². The first-order valence-electron chi connectivity index (χ1n) is 5.35. The molecule has 0 saturated carbocycles. The molecule has 0 amide bonds. The third-order valence-corrected chi connectivity index (χ3v) is 2.58. The number of hydrogen-bond donors (Lipinski definition) is 0. The molecule has 0 N–H and O–H groups in total. The maximum absolute atomic E-state index is 5.70. The molecule has 1 heterocycles. The van der Waals surface area contributed by atoms with Gasteiger partial charge in [0.25, 0.3) is 0 Å². The summed E-state index contributed by atoms with van der Waals surface area (Å²) in [5.74, 6) is 0.984. The average molecular weight is 207 g/mol. The van der Waals surface area contributed by atoms with Crippen molar-refractivity contribution < 1.29 is 9.47 Å². The number of para-hydroxylation sites is 1. The van der Waals surface area contributed by atoms with E-state index in [4.69, 9.17) is 9.47 Å². The Bertz CT molecular complexity index is 308. The standard InChI is InChI=1S/C12H17NO2/c1-11-4-2-3-5-12(11)15-9-7-13-6-8-14-10-13/h2-5H,6-10H2,1H3. The van der Waals surface area contributed by atoms with Crippen molar-refractivity contribution in [2.24, 2.45) is 0 Å². The van der Waals surface area contributed by atoms with E-state index < -0.39 is 0 Å². The highest BCUT2D eigenvalue weighted by molar-refractivity contribution is 5.31. The van der Waals surface area contributed by atoms with Gasteiger partial charge in [0, 0.05) is 13.1 Å². The van der Waals surface area contributed by atoms with E-state index in [2.05, 4.69) is 17.9 Å². The first-order valence-corrected chi connectivity index (χ1v) is 5.35. The molecule has 1 aliphatic heterocycles. The van der Waals surface area contributed by atoms with E-state index in [1.54, 1.807) is 0 Å². The number of hydrogen-bond acceptors (Lipinski definition) is 3. The lowest BCUT2D eigenvalue weighted by Crippen LogP contribution is -2.25. The van der Waals surface area contributed by atoms with Gasteiger partial charge in [-0.2, -0.15) is 0 Å². The van der Waals surface area contributed by atoms with Crippen LogP contribution in [0.25, 0.3) is 0 Å². The number of aryl methyl sites for hydroxylation is 1. The quantitative estimate of drug-likeness (QED) is 0.749. The second-order valence-electron chi connectivity index (χ2n) is 3.77. The second kappa shape index (κ2) is 5.14. The smallest absolute Gasteiger partial charge is 0.122 e. The molecule has 3 nitrogen and oxygen atoms in total. The Hall–Kier alpha value is -1.06. The van der Waals surface area contributed by atoms with Gasteiger partial charge in [0.1, 0.15) is 12.4 Å². The van der Waals surface area contributed by atoms with Crippen LogP contribution in [0.5, 0.6) is 5.75 Å². The Morgan fingerprint density at radius 3 is 3.00 bits per heavy atom. The number of benzene rings is 1. The van der Waals surface area contributed by atoms with Crippen molar-refractivity contribution in [1.82, 2.24) is 4.90 Å². The summed E-state index contributed by atoms with van der Waals surface area (Å²) < 4.78 is 11.0. The van der Waals surface area contributed by atoms with Gasteiger partial charge >= 0.3 is 0 Å². The summed E-state index contributed by atoms with van der Waals surface area (Å²) >= 11 is 0. The van der Waals surface area contributed by atoms with Crippen molar-refractivity contribution in [2.75, 3.05) is 33.0 Å². The van der Waals surface area contributed by atoms with Crippen LogP contribution in [-0.4, -0.2) is 37.9 Å². The van der Waals surface area contributed by atoms with Gasteiger partial charge in [0.2, 0.25) is 0 Å². The zero-order chi connectivity index (χ0) is 10.5. The fourth-order valence-corrected chi connectivity index (χ4v) is 1.63. The highest BCUT2D eigenvalue weighted by Crippen LogP contribution is 2.15. The van der Waals surface area contributed by atoms with Gasteiger partial charge in [-0.15, -0.1) is 0 Å². The lowest BCUT2D eigenvalue weighted by Gasteiger charge is -2.14. The molecule has 82 valence electrons. The molecule has 1 saturated heterocycles. The van der Waals surface area contributed by atoms with Gasteiger partial charge in [0.05, 0.1) is 13.3 Å². The normalized spacial score (nSPS) is 16.9. The summed E-state index contributed by atoms with van der Waals surface area (Å²) in [6.45, 7) is 6.36. The molecule has 0 aromatic heterocycles. The average Bonchev–Trinajstić information content (AvgIpc) is 2.74. The Balaban J connectivity index is 1.75. The molecule has 2 rings (SSSR count). The number of nitrogens with zero attached hydrogens (tertiary/aromatic N) is 1. The van der Waals surface area contributed by atoms with Crippen LogP contribution in [0.2, 0.25) is 0 Å². The van der Waals surface area contributed by atoms with Gasteiger partial charge in [-0.25, -0.2) is 0 Å². The molecule has 0 spiro atoms. The minimum atomic E-state index is 0.730. The van der Waals surface area contributed by atoms with E-state index in [0.29, 0.717) is 0 Å². The van der Waals surface area contributed by atoms with E-state index in [9.17, 15) is 0 Å². The summed E-state index contributed by atoms with van der Waals surface area (Å²) in [7, 11) is 0. The largest absolute Gasteiger partial charge is 0.492 e. The van der Waals surface area contributed by atoms with E-state index in [0.717, 1.165) is 38.8 Å². The predicted octanol–water partition coefficient (Wildman–Crippen LogP) is 1.66. The van der Waals surface area contributed by atoms with Crippen LogP contribution >= 0.6 is 0 Å². The first-order chi connectivity index (χ1) is 7.36. The zero-order valence-corrected chi connectivity index (χ0v) is 9.11. The summed E-state index contributed by atoms with van der Waals surface area (Å²) in [6.07, 6.45) is 0. The van der Waals surface area contributed by atoms with Gasteiger partial charge < -0.3 is 9.47 Å². The summed E-state index contributed by atoms with van der Waals surface area (Å²) in [4.78, 5) is 2.25. The first kappa shape index (κ1) is 10.5. The van der Waals surface area contributed by atoms with Crippen LogP contribution in [0.15, 0.2) is 24.3 Å². The molecule has 1 aliphatic rings. The highest BCUT2D eigenvalue weighted by atomic mass is 16.5. The van der Waals surface area contributed by atoms with Gasteiger partial charge in [-0.3, -0.25) is 4.90 Å². The Labute approximate surface area is 90.6 Å². The Morgan fingerprint density at radius 2 is 2.27 bits per heavy atom. The van der Waals surface area contributed by atoms with Gasteiger partial charge in [0.15, 0.2) is 0 Å². The van der Waals surface area contributed by atoms with Crippen molar-refractivity contribution in [2.45, 2.75) is 6.92 Å². The molecule has 3 heteroatoms. The van der Waals surface area contributed by atoms with Gasteiger partial charge in [-0.1, -0.05) is 18.2 Å². The fraction of sp³-hybridized carbons (Fsp3) is 0.500. The fourth-order valence-electron chi connectivity index (χ4n) is 1.63. The molecular formula is C12H17NO2. The molecule has 15 heavy (non-hydrogen) atoms. The summed E-state index contributed by atoms with van der Waals surface area (Å²) in [5.41, 5.74) is 1.19. The molecule has 1 fully saturated rings. The van der Waals surface area contributed by atoms with Crippen LogP contribution in [0.3, 0.4) is 0 Å². The van der Waals surface area contributed by atoms with Crippen LogP contribution in [0, 0.1) is 6.92 Å². The SMILES string of the molecule is Cc1ccccc1OCCN1CCOC1. The summed E-state index contributed by atoms with van der Waals surface area (Å²) in [6, 6.07) is 8.10. The molecular weight excluding hydrogens is 190 g/mol. The van der Waals surface area contributed by atoms with E-state index in [1.807, 2.05) is 18.2 Å². The third kappa shape index (κ3) is 2.94. The second-order valence-corrected chi connectivity index (χ2v) is 3.77. The monoisotopic (exact) mass is 207 g/mol. The van der Waals surface area contributed by atoms with E-state index in [1.165, 1.54) is 5.56 Å². The van der Waals surface area contributed by atoms with Crippen molar-refractivity contribution in [1.29, 1.82) is 0 Å². The van der Waals surface area contributed by atoms with Gasteiger partial charge in [-0.05, 0) is 18.6 Å². The summed E-state index contributed by atoms with van der Waals surface area (Å²) in [5, 5.41) is 0. The number of rotatable bonds is 4. The lowest BCUT2D eigenvalue weighted by molar-refractivity contribution is 0.129. The van der Waals surface area contributed by atoms with Crippen LogP contribution < -0.4 is 4.74 Å². The van der Waals surface area contributed by atoms with Crippen LogP contribution in [0.4, 0.5) is 0 Å². The van der Waals surface area contributed by atoms with E-state index in [-0.39, 0.29) is 0 Å². The van der Waals surface area contributed by atoms with E-state index >= 15 is 0 Å². The van der Waals surface area contributed by atoms with Crippen molar-refractivity contribution in [3.05, 3.63) is 29.8 Å².